The second-order valence-electron chi connectivity index (χ2n) is 5.94. The molecule has 0 fully saturated rings. The summed E-state index contributed by atoms with van der Waals surface area (Å²) in [7, 11) is 0. The van der Waals surface area contributed by atoms with Crippen LogP contribution < -0.4 is 5.43 Å². The number of hydrogen-bond acceptors (Lipinski definition) is 6. The van der Waals surface area contributed by atoms with Gasteiger partial charge in [0.1, 0.15) is 11.2 Å². The minimum absolute atomic E-state index is 0.696. The molecule has 0 saturated heterocycles. The van der Waals surface area contributed by atoms with Crippen LogP contribution in [0.5, 0.6) is 0 Å². The molecule has 128 valence electrons. The molecule has 3 heterocycles. The van der Waals surface area contributed by atoms with Gasteiger partial charge in [-0.25, -0.2) is 9.97 Å². The van der Waals surface area contributed by atoms with Gasteiger partial charge < -0.3 is 0 Å². The van der Waals surface area contributed by atoms with E-state index in [-0.39, 0.29) is 0 Å². The minimum Gasteiger partial charge on any atom is -0.260 e. The number of nitrogens with zero attached hydrogens (tertiary/aromatic N) is 4. The average Bonchev–Trinajstić information content (AvgIpc) is 3.12. The summed E-state index contributed by atoms with van der Waals surface area (Å²) < 4.78 is 0. The first kappa shape index (κ1) is 16.4. The molecule has 1 aromatic carbocycles. The number of rotatable bonds is 4. The van der Waals surface area contributed by atoms with E-state index < -0.39 is 0 Å². The third-order valence-corrected chi connectivity index (χ3v) is 4.98. The van der Waals surface area contributed by atoms with Crippen LogP contribution in [-0.4, -0.2) is 20.7 Å². The standard InChI is InChI=1S/C20H17N5S/c1-13-6-8-15(9-7-13)16-11-26-20-18(16)19(22-12-23-20)25-24-14(2)17-5-3-4-10-21-17/h3-12H,1-2H3,(H,22,23,25)/b24-14-. The van der Waals surface area contributed by atoms with Crippen LogP contribution in [0, 0.1) is 6.92 Å². The molecule has 26 heavy (non-hydrogen) atoms. The fourth-order valence-corrected chi connectivity index (χ4v) is 3.59. The fraction of sp³-hybridized carbons (Fsp3) is 0.100. The van der Waals surface area contributed by atoms with Crippen LogP contribution in [0.4, 0.5) is 5.82 Å². The van der Waals surface area contributed by atoms with Crippen molar-refractivity contribution >= 4 is 33.1 Å². The molecule has 0 aliphatic rings. The number of pyridine rings is 1. The minimum atomic E-state index is 0.696. The summed E-state index contributed by atoms with van der Waals surface area (Å²) in [4.78, 5) is 14.1. The highest BCUT2D eigenvalue weighted by atomic mass is 32.1. The number of hydrazone groups is 1. The van der Waals surface area contributed by atoms with E-state index >= 15 is 0 Å². The Hall–Kier alpha value is -3.12. The van der Waals surface area contributed by atoms with Crippen molar-refractivity contribution in [3.63, 3.8) is 0 Å². The van der Waals surface area contributed by atoms with Gasteiger partial charge in [-0.1, -0.05) is 35.9 Å². The molecule has 1 N–H and O–H groups in total. The molecular formula is C20H17N5S. The SMILES string of the molecule is C/C(=N/Nc1ncnc2scc(-c3ccc(C)cc3)c12)c1ccccn1. The number of aromatic nitrogens is 3. The lowest BCUT2D eigenvalue weighted by Gasteiger charge is -2.06. The second kappa shape index (κ2) is 7.01. The topological polar surface area (TPSA) is 63.1 Å². The third kappa shape index (κ3) is 3.19. The first-order valence-corrected chi connectivity index (χ1v) is 9.11. The molecule has 3 aromatic heterocycles. The number of aryl methyl sites for hydroxylation is 1. The van der Waals surface area contributed by atoms with E-state index in [2.05, 4.69) is 62.0 Å². The van der Waals surface area contributed by atoms with Gasteiger partial charge in [-0.3, -0.25) is 10.4 Å². The summed E-state index contributed by atoms with van der Waals surface area (Å²) >= 11 is 1.61. The van der Waals surface area contributed by atoms with Crippen LogP contribution >= 0.6 is 11.3 Å². The van der Waals surface area contributed by atoms with E-state index in [0.717, 1.165) is 32.7 Å². The lowest BCUT2D eigenvalue weighted by Crippen LogP contribution is -2.03. The molecule has 4 aromatic rings. The molecule has 4 rings (SSSR count). The highest BCUT2D eigenvalue weighted by Crippen LogP contribution is 2.36. The number of nitrogens with one attached hydrogen (secondary N) is 1. The molecule has 0 bridgehead atoms. The van der Waals surface area contributed by atoms with Crippen LogP contribution in [0.3, 0.4) is 0 Å². The number of fused-ring (bicyclic) bond motifs is 1. The van der Waals surface area contributed by atoms with Gasteiger partial charge in [0.05, 0.1) is 16.8 Å². The number of thiophene rings is 1. The summed E-state index contributed by atoms with van der Waals surface area (Å²) in [5, 5.41) is 7.56. The molecule has 0 spiro atoms. The van der Waals surface area contributed by atoms with E-state index in [1.165, 1.54) is 5.56 Å². The van der Waals surface area contributed by atoms with Gasteiger partial charge in [0.25, 0.3) is 0 Å². The van der Waals surface area contributed by atoms with E-state index in [4.69, 9.17) is 0 Å². The van der Waals surface area contributed by atoms with E-state index in [1.807, 2.05) is 25.1 Å². The number of hydrogen-bond donors (Lipinski definition) is 1. The zero-order valence-electron chi connectivity index (χ0n) is 14.5. The van der Waals surface area contributed by atoms with Crippen molar-refractivity contribution in [3.05, 3.63) is 71.6 Å². The van der Waals surface area contributed by atoms with Crippen molar-refractivity contribution in [1.82, 2.24) is 15.0 Å². The third-order valence-electron chi connectivity index (χ3n) is 4.10. The molecule has 0 aliphatic heterocycles. The van der Waals surface area contributed by atoms with Gasteiger partial charge >= 0.3 is 0 Å². The lowest BCUT2D eigenvalue weighted by molar-refractivity contribution is 1.18. The van der Waals surface area contributed by atoms with Crippen LogP contribution in [0.25, 0.3) is 21.3 Å². The van der Waals surface area contributed by atoms with E-state index in [0.29, 0.717) is 5.82 Å². The second-order valence-corrected chi connectivity index (χ2v) is 6.80. The Kier molecular flexibility index (Phi) is 4.41. The number of anilines is 1. The van der Waals surface area contributed by atoms with Crippen molar-refractivity contribution in [2.24, 2.45) is 5.10 Å². The molecule has 0 unspecified atom stereocenters. The first-order chi connectivity index (χ1) is 12.7. The molecule has 0 radical (unpaired) electrons. The zero-order chi connectivity index (χ0) is 17.9. The van der Waals surface area contributed by atoms with Crippen molar-refractivity contribution in [3.8, 4) is 11.1 Å². The molecule has 5 nitrogen and oxygen atoms in total. The van der Waals surface area contributed by atoms with Crippen LogP contribution in [0.2, 0.25) is 0 Å². The largest absolute Gasteiger partial charge is 0.260 e. The van der Waals surface area contributed by atoms with Gasteiger partial charge in [0, 0.05) is 17.1 Å². The van der Waals surface area contributed by atoms with Gasteiger partial charge in [-0.2, -0.15) is 5.10 Å². The maximum atomic E-state index is 4.46. The summed E-state index contributed by atoms with van der Waals surface area (Å²) in [5.74, 6) is 0.696. The predicted octanol–water partition coefficient (Wildman–Crippen LogP) is 4.90. The lowest BCUT2D eigenvalue weighted by atomic mass is 10.0. The monoisotopic (exact) mass is 359 g/mol. The maximum absolute atomic E-state index is 4.46. The van der Waals surface area contributed by atoms with Crippen LogP contribution in [0.15, 0.2) is 65.5 Å². The highest BCUT2D eigenvalue weighted by molar-refractivity contribution is 7.17. The molecule has 0 atom stereocenters. The van der Waals surface area contributed by atoms with E-state index in [1.54, 1.807) is 23.9 Å². The van der Waals surface area contributed by atoms with Crippen molar-refractivity contribution in [2.75, 3.05) is 5.43 Å². The van der Waals surface area contributed by atoms with Crippen molar-refractivity contribution < 1.29 is 0 Å². The smallest absolute Gasteiger partial charge is 0.159 e. The zero-order valence-corrected chi connectivity index (χ0v) is 15.3. The fourth-order valence-electron chi connectivity index (χ4n) is 2.68. The average molecular weight is 359 g/mol. The van der Waals surface area contributed by atoms with Crippen molar-refractivity contribution in [2.45, 2.75) is 13.8 Å². The maximum Gasteiger partial charge on any atom is 0.159 e. The Morgan fingerprint density at radius 1 is 1.04 bits per heavy atom. The number of benzene rings is 1. The molecule has 0 amide bonds. The van der Waals surface area contributed by atoms with Crippen LogP contribution in [0.1, 0.15) is 18.2 Å². The summed E-state index contributed by atoms with van der Waals surface area (Å²) in [6, 6.07) is 14.2. The Labute approximate surface area is 155 Å². The Balaban J connectivity index is 1.74. The predicted molar refractivity (Wildman–Crippen MR) is 108 cm³/mol. The quantitative estimate of drug-likeness (QED) is 0.416. The Bertz CT molecular complexity index is 1070. The first-order valence-electron chi connectivity index (χ1n) is 8.23. The van der Waals surface area contributed by atoms with Gasteiger partial charge in [-0.05, 0) is 31.5 Å². The van der Waals surface area contributed by atoms with Crippen LogP contribution in [-0.2, 0) is 0 Å². The summed E-state index contributed by atoms with van der Waals surface area (Å²) in [6.07, 6.45) is 3.32. The summed E-state index contributed by atoms with van der Waals surface area (Å²) in [5.41, 5.74) is 8.21. The van der Waals surface area contributed by atoms with E-state index in [9.17, 15) is 0 Å². The van der Waals surface area contributed by atoms with Gasteiger partial charge in [0.15, 0.2) is 5.82 Å². The van der Waals surface area contributed by atoms with Gasteiger partial charge in [-0.15, -0.1) is 11.3 Å². The Morgan fingerprint density at radius 2 is 1.88 bits per heavy atom. The molecule has 6 heteroatoms. The molecule has 0 aliphatic carbocycles. The van der Waals surface area contributed by atoms with Gasteiger partial charge in [0.2, 0.25) is 0 Å². The highest BCUT2D eigenvalue weighted by Gasteiger charge is 2.13. The summed E-state index contributed by atoms with van der Waals surface area (Å²) in [6.45, 7) is 4.00. The van der Waals surface area contributed by atoms with Crippen molar-refractivity contribution in [1.29, 1.82) is 0 Å². The normalized spacial score (nSPS) is 11.7. The molecule has 0 saturated carbocycles. The Morgan fingerprint density at radius 3 is 2.65 bits per heavy atom. The molecular weight excluding hydrogens is 342 g/mol.